The second-order valence-corrected chi connectivity index (χ2v) is 9.03. The normalized spacial score (nSPS) is 19.6. The minimum atomic E-state index is -4.42. The van der Waals surface area contributed by atoms with Crippen LogP contribution in [0.25, 0.3) is 0 Å². The van der Waals surface area contributed by atoms with Crippen LogP contribution in [0.2, 0.25) is 0 Å². The highest BCUT2D eigenvalue weighted by Gasteiger charge is 2.37. The fourth-order valence-electron chi connectivity index (χ4n) is 4.55. The van der Waals surface area contributed by atoms with E-state index in [1.54, 1.807) is 4.90 Å². The molecule has 2 amide bonds. The highest BCUT2D eigenvalue weighted by molar-refractivity contribution is 5.94. The molecule has 1 atom stereocenters. The van der Waals surface area contributed by atoms with Gasteiger partial charge in [-0.3, -0.25) is 14.5 Å². The zero-order valence-corrected chi connectivity index (χ0v) is 18.3. The summed E-state index contributed by atoms with van der Waals surface area (Å²) in [5.74, 6) is 0.522. The number of hydrogen-bond donors (Lipinski definition) is 1. The van der Waals surface area contributed by atoms with E-state index in [1.807, 2.05) is 0 Å². The number of piperazine rings is 1. The largest absolute Gasteiger partial charge is 0.416 e. The van der Waals surface area contributed by atoms with Crippen molar-refractivity contribution < 1.29 is 22.8 Å². The third-order valence-electron chi connectivity index (χ3n) is 6.25. The highest BCUT2D eigenvalue weighted by Crippen LogP contribution is 2.32. The minimum Gasteiger partial charge on any atom is -0.354 e. The Morgan fingerprint density at radius 1 is 1.03 bits per heavy atom. The van der Waals surface area contributed by atoms with Crippen LogP contribution in [-0.2, 0) is 11.0 Å². The molecule has 172 valence electrons. The molecule has 0 unspecified atom stereocenters. The van der Waals surface area contributed by atoms with Gasteiger partial charge in [-0.25, -0.2) is 0 Å². The zero-order chi connectivity index (χ0) is 22.6. The molecule has 1 aliphatic carbocycles. The van der Waals surface area contributed by atoms with Crippen LogP contribution in [0.15, 0.2) is 24.3 Å². The van der Waals surface area contributed by atoms with Crippen molar-refractivity contribution in [3.8, 4) is 0 Å². The molecule has 0 bridgehead atoms. The number of benzene rings is 1. The molecule has 0 aromatic heterocycles. The number of halogens is 3. The van der Waals surface area contributed by atoms with E-state index in [0.717, 1.165) is 37.8 Å². The van der Waals surface area contributed by atoms with Crippen LogP contribution in [0.5, 0.6) is 0 Å². The molecule has 1 saturated heterocycles. The van der Waals surface area contributed by atoms with Crippen molar-refractivity contribution in [1.29, 1.82) is 0 Å². The molecule has 0 spiro atoms. The molecule has 1 aliphatic heterocycles. The molecule has 1 N–H and O–H groups in total. The monoisotopic (exact) mass is 439 g/mol. The van der Waals surface area contributed by atoms with Crippen molar-refractivity contribution in [2.45, 2.75) is 51.7 Å². The summed E-state index contributed by atoms with van der Waals surface area (Å²) in [6, 6.07) is 4.18. The van der Waals surface area contributed by atoms with E-state index >= 15 is 0 Å². The Kier molecular flexibility index (Phi) is 7.62. The Labute approximate surface area is 182 Å². The summed E-state index contributed by atoms with van der Waals surface area (Å²) >= 11 is 0. The van der Waals surface area contributed by atoms with Gasteiger partial charge in [-0.15, -0.1) is 0 Å². The number of carbonyl (C=O) groups is 2. The smallest absolute Gasteiger partial charge is 0.354 e. The second-order valence-electron chi connectivity index (χ2n) is 9.03. The van der Waals surface area contributed by atoms with Crippen LogP contribution >= 0.6 is 0 Å². The van der Waals surface area contributed by atoms with Crippen LogP contribution in [0.3, 0.4) is 0 Å². The first-order valence-corrected chi connectivity index (χ1v) is 11.1. The van der Waals surface area contributed by atoms with Gasteiger partial charge >= 0.3 is 6.18 Å². The SMILES string of the molecule is CC(C)CNC(=O)[C@H](C1CCCC1)N1CCN(C(=O)c2ccc(C(F)(F)F)cc2)CC1. The summed E-state index contributed by atoms with van der Waals surface area (Å²) in [6.45, 7) is 6.87. The summed E-state index contributed by atoms with van der Waals surface area (Å²) in [6.07, 6.45) is -0.0382. The quantitative estimate of drug-likeness (QED) is 0.734. The molecule has 1 aromatic carbocycles. The molecule has 5 nitrogen and oxygen atoms in total. The van der Waals surface area contributed by atoms with E-state index in [-0.39, 0.29) is 23.4 Å². The summed E-state index contributed by atoms with van der Waals surface area (Å²) in [4.78, 5) is 29.6. The molecule has 3 rings (SSSR count). The number of nitrogens with zero attached hydrogens (tertiary/aromatic N) is 2. The fraction of sp³-hybridized carbons (Fsp3) is 0.652. The fourth-order valence-corrected chi connectivity index (χ4v) is 4.55. The number of carbonyl (C=O) groups excluding carboxylic acids is 2. The second kappa shape index (κ2) is 10.0. The maximum Gasteiger partial charge on any atom is 0.416 e. The van der Waals surface area contributed by atoms with Gasteiger partial charge in [-0.1, -0.05) is 26.7 Å². The lowest BCUT2D eigenvalue weighted by molar-refractivity contribution is -0.137. The lowest BCUT2D eigenvalue weighted by Crippen LogP contribution is -2.58. The first-order valence-electron chi connectivity index (χ1n) is 11.1. The lowest BCUT2D eigenvalue weighted by atomic mass is 9.94. The van der Waals surface area contributed by atoms with Crippen molar-refractivity contribution >= 4 is 11.8 Å². The Morgan fingerprint density at radius 3 is 2.13 bits per heavy atom. The summed E-state index contributed by atoms with van der Waals surface area (Å²) in [7, 11) is 0. The van der Waals surface area contributed by atoms with Crippen molar-refractivity contribution in [2.24, 2.45) is 11.8 Å². The molecule has 0 radical (unpaired) electrons. The van der Waals surface area contributed by atoms with Gasteiger partial charge in [0, 0.05) is 38.3 Å². The standard InChI is InChI=1S/C23H32F3N3O2/c1-16(2)15-27-21(30)20(17-5-3-4-6-17)28-11-13-29(14-12-28)22(31)18-7-9-19(10-8-18)23(24,25)26/h7-10,16-17,20H,3-6,11-15H2,1-2H3,(H,27,30)/t20-/m0/s1. The molecular formula is C23H32F3N3O2. The third kappa shape index (κ3) is 5.99. The van der Waals surface area contributed by atoms with Gasteiger partial charge in [0.15, 0.2) is 0 Å². The van der Waals surface area contributed by atoms with E-state index in [9.17, 15) is 22.8 Å². The molecule has 2 fully saturated rings. The van der Waals surface area contributed by atoms with Crippen LogP contribution < -0.4 is 5.32 Å². The van der Waals surface area contributed by atoms with Gasteiger partial charge in [0.05, 0.1) is 11.6 Å². The summed E-state index contributed by atoms with van der Waals surface area (Å²) < 4.78 is 38.3. The number of amides is 2. The van der Waals surface area contributed by atoms with Gasteiger partial charge in [0.1, 0.15) is 0 Å². The van der Waals surface area contributed by atoms with Gasteiger partial charge in [0.2, 0.25) is 5.91 Å². The Bertz CT molecular complexity index is 750. The van der Waals surface area contributed by atoms with Crippen molar-refractivity contribution in [3.63, 3.8) is 0 Å². The van der Waals surface area contributed by atoms with Gasteiger partial charge < -0.3 is 10.2 Å². The van der Waals surface area contributed by atoms with E-state index in [4.69, 9.17) is 0 Å². The summed E-state index contributed by atoms with van der Waals surface area (Å²) in [5.41, 5.74) is -0.510. The maximum absolute atomic E-state index is 13.0. The predicted octanol–water partition coefficient (Wildman–Crippen LogP) is 3.79. The average molecular weight is 440 g/mol. The van der Waals surface area contributed by atoms with Crippen molar-refractivity contribution in [2.75, 3.05) is 32.7 Å². The Balaban J connectivity index is 1.61. The lowest BCUT2D eigenvalue weighted by Gasteiger charge is -2.41. The first kappa shape index (κ1) is 23.6. The van der Waals surface area contributed by atoms with Crippen LogP contribution in [0.4, 0.5) is 13.2 Å². The van der Waals surface area contributed by atoms with E-state index in [0.29, 0.717) is 44.6 Å². The van der Waals surface area contributed by atoms with Crippen molar-refractivity contribution in [1.82, 2.24) is 15.1 Å². The Hall–Kier alpha value is -2.09. The van der Waals surface area contributed by atoms with Gasteiger partial charge in [-0.05, 0) is 48.9 Å². The zero-order valence-electron chi connectivity index (χ0n) is 18.3. The average Bonchev–Trinajstić information content (AvgIpc) is 3.26. The van der Waals surface area contributed by atoms with Crippen LogP contribution in [0, 0.1) is 11.8 Å². The summed E-state index contributed by atoms with van der Waals surface area (Å²) in [5, 5.41) is 3.08. The molecular weight excluding hydrogens is 407 g/mol. The third-order valence-corrected chi connectivity index (χ3v) is 6.25. The van der Waals surface area contributed by atoms with E-state index in [1.165, 1.54) is 12.1 Å². The topological polar surface area (TPSA) is 52.7 Å². The molecule has 31 heavy (non-hydrogen) atoms. The van der Waals surface area contributed by atoms with Crippen LogP contribution in [0.1, 0.15) is 55.5 Å². The Morgan fingerprint density at radius 2 is 1.61 bits per heavy atom. The van der Waals surface area contributed by atoms with Crippen LogP contribution in [-0.4, -0.2) is 60.4 Å². The number of rotatable bonds is 6. The molecule has 1 saturated carbocycles. The number of hydrogen-bond acceptors (Lipinski definition) is 3. The first-order chi connectivity index (χ1) is 14.7. The molecule has 1 aromatic rings. The van der Waals surface area contributed by atoms with Gasteiger partial charge in [-0.2, -0.15) is 13.2 Å². The van der Waals surface area contributed by atoms with Crippen molar-refractivity contribution in [3.05, 3.63) is 35.4 Å². The molecule has 1 heterocycles. The highest BCUT2D eigenvalue weighted by atomic mass is 19.4. The molecule has 8 heteroatoms. The number of nitrogens with one attached hydrogen (secondary N) is 1. The maximum atomic E-state index is 13.0. The van der Waals surface area contributed by atoms with E-state index < -0.39 is 11.7 Å². The minimum absolute atomic E-state index is 0.0723. The van der Waals surface area contributed by atoms with E-state index in [2.05, 4.69) is 24.1 Å². The van der Waals surface area contributed by atoms with Gasteiger partial charge in [0.25, 0.3) is 5.91 Å². The molecule has 2 aliphatic rings. The predicted molar refractivity (Wildman–Crippen MR) is 113 cm³/mol. The number of alkyl halides is 3.